The van der Waals surface area contributed by atoms with E-state index in [0.29, 0.717) is 11.1 Å². The number of nitrogens with zero attached hydrogens (tertiary/aromatic N) is 1. The van der Waals surface area contributed by atoms with Gasteiger partial charge in [0.1, 0.15) is 5.82 Å². The lowest BCUT2D eigenvalue weighted by molar-refractivity contribution is 0.436. The maximum absolute atomic E-state index is 13.8. The molecule has 1 heterocycles. The van der Waals surface area contributed by atoms with E-state index in [4.69, 9.17) is 10.3 Å². The normalized spacial score (nSPS) is 10.7. The molecule has 1 aromatic carbocycles. The van der Waals surface area contributed by atoms with Gasteiger partial charge in [0, 0.05) is 10.5 Å². The molecule has 84 valence electrons. The summed E-state index contributed by atoms with van der Waals surface area (Å²) in [6.45, 7) is 1.87. The summed E-state index contributed by atoms with van der Waals surface area (Å²) < 4.78 is 18.5. The van der Waals surface area contributed by atoms with Gasteiger partial charge in [-0.1, -0.05) is 5.16 Å². The molecule has 16 heavy (non-hydrogen) atoms. The Hall–Kier alpha value is -1.49. The van der Waals surface area contributed by atoms with Crippen molar-refractivity contribution >= 4 is 17.6 Å². The fraction of sp³-hybridized carbons (Fsp3) is 0.182. The van der Waals surface area contributed by atoms with Gasteiger partial charge >= 0.3 is 0 Å². The Morgan fingerprint density at radius 1 is 1.38 bits per heavy atom. The number of halogens is 1. The lowest BCUT2D eigenvalue weighted by Crippen LogP contribution is -1.91. The first kappa shape index (κ1) is 11.0. The molecule has 0 saturated heterocycles. The molecule has 2 N–H and O–H groups in total. The lowest BCUT2D eigenvalue weighted by atomic mass is 10.1. The number of benzene rings is 1. The molecule has 0 spiro atoms. The minimum atomic E-state index is -0.315. The van der Waals surface area contributed by atoms with Crippen LogP contribution in [0.1, 0.15) is 5.56 Å². The zero-order valence-corrected chi connectivity index (χ0v) is 9.77. The number of aromatic nitrogens is 1. The van der Waals surface area contributed by atoms with Crippen LogP contribution >= 0.6 is 11.8 Å². The third-order valence-electron chi connectivity index (χ3n) is 2.37. The fourth-order valence-electron chi connectivity index (χ4n) is 1.53. The maximum Gasteiger partial charge on any atom is 0.230 e. The van der Waals surface area contributed by atoms with Gasteiger partial charge in [-0.2, -0.15) is 0 Å². The summed E-state index contributed by atoms with van der Waals surface area (Å²) in [7, 11) is 0. The molecule has 5 heteroatoms. The van der Waals surface area contributed by atoms with Gasteiger partial charge in [0.15, 0.2) is 0 Å². The Kier molecular flexibility index (Phi) is 2.87. The molecule has 2 rings (SSSR count). The van der Waals surface area contributed by atoms with Crippen molar-refractivity contribution in [2.24, 2.45) is 0 Å². The van der Waals surface area contributed by atoms with E-state index in [2.05, 4.69) is 5.16 Å². The van der Waals surface area contributed by atoms with Gasteiger partial charge in [0.25, 0.3) is 0 Å². The second-order valence-corrected chi connectivity index (χ2v) is 4.25. The molecule has 0 aliphatic rings. The molecule has 3 nitrogen and oxygen atoms in total. The maximum atomic E-state index is 13.8. The van der Waals surface area contributed by atoms with Crippen LogP contribution in [-0.4, -0.2) is 11.4 Å². The lowest BCUT2D eigenvalue weighted by Gasteiger charge is -2.07. The van der Waals surface area contributed by atoms with Crippen molar-refractivity contribution in [3.63, 3.8) is 0 Å². The van der Waals surface area contributed by atoms with Crippen LogP contribution in [0.4, 0.5) is 10.3 Å². The van der Waals surface area contributed by atoms with Crippen LogP contribution in [0.25, 0.3) is 11.1 Å². The standard InChI is InChI=1S/C11H11FN2OS/c1-6-3-9(12)7(4-10(6)16-2)8-5-14-15-11(8)13/h3-5H,13H2,1-2H3. The van der Waals surface area contributed by atoms with Crippen LogP contribution < -0.4 is 5.73 Å². The van der Waals surface area contributed by atoms with Crippen molar-refractivity contribution in [3.05, 3.63) is 29.7 Å². The Morgan fingerprint density at radius 2 is 2.12 bits per heavy atom. The van der Waals surface area contributed by atoms with E-state index >= 15 is 0 Å². The Bertz CT molecular complexity index is 525. The van der Waals surface area contributed by atoms with E-state index in [1.54, 1.807) is 17.8 Å². The summed E-state index contributed by atoms with van der Waals surface area (Å²) in [4.78, 5) is 1.01. The van der Waals surface area contributed by atoms with Crippen LogP contribution in [0, 0.1) is 12.7 Å². The van der Waals surface area contributed by atoms with Crippen molar-refractivity contribution in [2.45, 2.75) is 11.8 Å². The zero-order valence-electron chi connectivity index (χ0n) is 8.95. The van der Waals surface area contributed by atoms with E-state index in [-0.39, 0.29) is 11.7 Å². The van der Waals surface area contributed by atoms with Crippen molar-refractivity contribution in [2.75, 3.05) is 12.0 Å². The topological polar surface area (TPSA) is 52.0 Å². The molecule has 0 radical (unpaired) electrons. The third kappa shape index (κ3) is 1.78. The van der Waals surface area contributed by atoms with Gasteiger partial charge in [0.05, 0.1) is 11.8 Å². The van der Waals surface area contributed by atoms with Gasteiger partial charge < -0.3 is 10.3 Å². The van der Waals surface area contributed by atoms with Gasteiger partial charge in [-0.3, -0.25) is 0 Å². The van der Waals surface area contributed by atoms with Crippen LogP contribution in [0.5, 0.6) is 0 Å². The number of nitrogen functional groups attached to an aromatic ring is 1. The Labute approximate surface area is 96.8 Å². The Balaban J connectivity index is 2.61. The number of thioether (sulfide) groups is 1. The van der Waals surface area contributed by atoms with Crippen LogP contribution in [-0.2, 0) is 0 Å². The van der Waals surface area contributed by atoms with E-state index < -0.39 is 0 Å². The van der Waals surface area contributed by atoms with Crippen molar-refractivity contribution in [1.29, 1.82) is 0 Å². The summed E-state index contributed by atoms with van der Waals surface area (Å²) >= 11 is 1.56. The van der Waals surface area contributed by atoms with Gasteiger partial charge in [-0.05, 0) is 30.9 Å². The predicted octanol–water partition coefficient (Wildman–Crippen LogP) is 3.09. The van der Waals surface area contributed by atoms with Crippen molar-refractivity contribution < 1.29 is 8.91 Å². The largest absolute Gasteiger partial charge is 0.367 e. The second-order valence-electron chi connectivity index (χ2n) is 3.41. The molecule has 0 fully saturated rings. The summed E-state index contributed by atoms with van der Waals surface area (Å²) in [5.41, 5.74) is 7.39. The molecule has 0 unspecified atom stereocenters. The van der Waals surface area contributed by atoms with Crippen molar-refractivity contribution in [3.8, 4) is 11.1 Å². The average Bonchev–Trinajstić information content (AvgIpc) is 2.65. The number of nitrogens with two attached hydrogens (primary N) is 1. The smallest absolute Gasteiger partial charge is 0.230 e. The second kappa shape index (κ2) is 4.17. The number of hydrogen-bond acceptors (Lipinski definition) is 4. The van der Waals surface area contributed by atoms with Gasteiger partial charge in [-0.25, -0.2) is 4.39 Å². The summed E-state index contributed by atoms with van der Waals surface area (Å²) in [6, 6.07) is 3.26. The first-order valence-electron chi connectivity index (χ1n) is 4.68. The highest BCUT2D eigenvalue weighted by atomic mass is 32.2. The molecule has 1 aromatic heterocycles. The number of aryl methyl sites for hydroxylation is 1. The molecule has 2 aromatic rings. The van der Waals surface area contributed by atoms with Crippen LogP contribution in [0.2, 0.25) is 0 Å². The Morgan fingerprint density at radius 3 is 2.69 bits per heavy atom. The highest BCUT2D eigenvalue weighted by Gasteiger charge is 2.14. The van der Waals surface area contributed by atoms with Crippen LogP contribution in [0.15, 0.2) is 27.7 Å². The first-order chi connectivity index (χ1) is 7.63. The minimum absolute atomic E-state index is 0.134. The molecular formula is C11H11FN2OS. The van der Waals surface area contributed by atoms with Crippen LogP contribution in [0.3, 0.4) is 0 Å². The molecule has 0 saturated carbocycles. The molecular weight excluding hydrogens is 227 g/mol. The number of hydrogen-bond donors (Lipinski definition) is 1. The zero-order chi connectivity index (χ0) is 11.7. The van der Waals surface area contributed by atoms with Crippen molar-refractivity contribution in [1.82, 2.24) is 5.16 Å². The third-order valence-corrected chi connectivity index (χ3v) is 3.25. The molecule has 0 atom stereocenters. The summed E-state index contributed by atoms with van der Waals surface area (Å²) in [6.07, 6.45) is 3.37. The van der Waals surface area contributed by atoms with E-state index in [9.17, 15) is 4.39 Å². The summed E-state index contributed by atoms with van der Waals surface area (Å²) in [5.74, 6) is -0.181. The highest BCUT2D eigenvalue weighted by molar-refractivity contribution is 7.98. The monoisotopic (exact) mass is 238 g/mol. The fourth-order valence-corrected chi connectivity index (χ4v) is 2.15. The van der Waals surface area contributed by atoms with E-state index in [0.717, 1.165) is 10.5 Å². The van der Waals surface area contributed by atoms with E-state index in [1.165, 1.54) is 12.3 Å². The molecule has 0 bridgehead atoms. The van der Waals surface area contributed by atoms with Gasteiger partial charge in [0.2, 0.25) is 5.88 Å². The molecule has 0 aliphatic carbocycles. The minimum Gasteiger partial charge on any atom is -0.367 e. The highest BCUT2D eigenvalue weighted by Crippen LogP contribution is 2.32. The van der Waals surface area contributed by atoms with E-state index in [1.807, 2.05) is 13.2 Å². The predicted molar refractivity (Wildman–Crippen MR) is 62.8 cm³/mol. The van der Waals surface area contributed by atoms with Gasteiger partial charge in [-0.15, -0.1) is 11.8 Å². The average molecular weight is 238 g/mol. The number of anilines is 1. The molecule has 0 aliphatic heterocycles. The molecule has 0 amide bonds. The SMILES string of the molecule is CSc1cc(-c2cnoc2N)c(F)cc1C. The number of rotatable bonds is 2. The summed E-state index contributed by atoms with van der Waals surface area (Å²) in [5, 5.41) is 3.54. The first-order valence-corrected chi connectivity index (χ1v) is 5.90. The quantitative estimate of drug-likeness (QED) is 0.817.